The highest BCUT2D eigenvalue weighted by Crippen LogP contribution is 2.18. The number of halogens is 1. The Hall–Kier alpha value is -0.380. The molecule has 0 heterocycles. The highest BCUT2D eigenvalue weighted by Gasteiger charge is 2.09. The van der Waals surface area contributed by atoms with Gasteiger partial charge in [-0.2, -0.15) is 0 Å². The van der Waals surface area contributed by atoms with E-state index in [1.165, 1.54) is 29.3 Å². The van der Waals surface area contributed by atoms with Crippen LogP contribution in [0.4, 0.5) is 0 Å². The van der Waals surface area contributed by atoms with Crippen molar-refractivity contribution in [3.05, 3.63) is 34.3 Å². The smallest absolute Gasteiger partial charge is 0.0251 e. The van der Waals surface area contributed by atoms with E-state index in [1.807, 2.05) is 6.07 Å². The molecule has 0 spiro atoms. The molecule has 0 bridgehead atoms. The summed E-state index contributed by atoms with van der Waals surface area (Å²) in [5.74, 6) is 5.59. The first-order valence-electron chi connectivity index (χ1n) is 5.97. The summed E-state index contributed by atoms with van der Waals surface area (Å²) in [4.78, 5) is 0. The van der Waals surface area contributed by atoms with Crippen LogP contribution in [0.2, 0.25) is 0 Å². The minimum absolute atomic E-state index is 0.380. The Labute approximate surface area is 107 Å². The van der Waals surface area contributed by atoms with Crippen molar-refractivity contribution in [2.75, 3.05) is 0 Å². The van der Waals surface area contributed by atoms with Gasteiger partial charge in [0.2, 0.25) is 0 Å². The number of hydrogen-bond acceptors (Lipinski definition) is 2. The number of benzene rings is 1. The van der Waals surface area contributed by atoms with Crippen LogP contribution in [0.1, 0.15) is 38.2 Å². The van der Waals surface area contributed by atoms with Crippen LogP contribution >= 0.6 is 15.9 Å². The van der Waals surface area contributed by atoms with Gasteiger partial charge in [-0.15, -0.1) is 0 Å². The number of unbranched alkanes of at least 4 members (excludes halogenated alkanes) is 2. The molecule has 0 saturated carbocycles. The van der Waals surface area contributed by atoms with Crippen LogP contribution in [-0.4, -0.2) is 6.04 Å². The Morgan fingerprint density at radius 3 is 2.69 bits per heavy atom. The SMILES string of the molecule is CCCCCC(Cc1ccccc1Br)NN. The van der Waals surface area contributed by atoms with Gasteiger partial charge in [0.1, 0.15) is 0 Å². The molecule has 1 unspecified atom stereocenters. The molecule has 3 N–H and O–H groups in total. The van der Waals surface area contributed by atoms with E-state index in [4.69, 9.17) is 5.84 Å². The molecule has 1 aromatic rings. The molecule has 16 heavy (non-hydrogen) atoms. The summed E-state index contributed by atoms with van der Waals surface area (Å²) in [7, 11) is 0. The molecule has 1 rings (SSSR count). The van der Waals surface area contributed by atoms with Crippen LogP contribution < -0.4 is 11.3 Å². The van der Waals surface area contributed by atoms with Crippen molar-refractivity contribution >= 4 is 15.9 Å². The maximum absolute atomic E-state index is 5.59. The van der Waals surface area contributed by atoms with Crippen molar-refractivity contribution in [3.8, 4) is 0 Å². The van der Waals surface area contributed by atoms with Gasteiger partial charge >= 0.3 is 0 Å². The van der Waals surface area contributed by atoms with Gasteiger partial charge in [0.05, 0.1) is 0 Å². The fraction of sp³-hybridized carbons (Fsp3) is 0.538. The van der Waals surface area contributed by atoms with Crippen molar-refractivity contribution in [1.29, 1.82) is 0 Å². The molecule has 0 radical (unpaired) electrons. The Morgan fingerprint density at radius 2 is 2.06 bits per heavy atom. The summed E-state index contributed by atoms with van der Waals surface area (Å²) in [6.45, 7) is 2.22. The summed E-state index contributed by atoms with van der Waals surface area (Å²) in [6, 6.07) is 8.71. The third kappa shape index (κ3) is 4.64. The minimum atomic E-state index is 0.380. The monoisotopic (exact) mass is 284 g/mol. The maximum Gasteiger partial charge on any atom is 0.0251 e. The third-order valence-corrected chi connectivity index (χ3v) is 3.59. The largest absolute Gasteiger partial charge is 0.271 e. The van der Waals surface area contributed by atoms with Crippen LogP contribution in [0.25, 0.3) is 0 Å². The minimum Gasteiger partial charge on any atom is -0.271 e. The molecule has 1 aromatic carbocycles. The molecule has 0 aromatic heterocycles. The lowest BCUT2D eigenvalue weighted by atomic mass is 10.0. The number of nitrogens with one attached hydrogen (secondary N) is 1. The van der Waals surface area contributed by atoms with Crippen LogP contribution in [0.15, 0.2) is 28.7 Å². The second kappa shape index (κ2) is 7.82. The van der Waals surface area contributed by atoms with E-state index in [1.54, 1.807) is 0 Å². The molecular weight excluding hydrogens is 264 g/mol. The van der Waals surface area contributed by atoms with Gasteiger partial charge in [-0.25, -0.2) is 0 Å². The molecule has 90 valence electrons. The zero-order valence-electron chi connectivity index (χ0n) is 9.88. The molecule has 1 atom stereocenters. The predicted molar refractivity (Wildman–Crippen MR) is 73.1 cm³/mol. The molecule has 3 heteroatoms. The standard InChI is InChI=1S/C13H21BrN2/c1-2-3-4-8-12(16-15)10-11-7-5-6-9-13(11)14/h5-7,9,12,16H,2-4,8,10,15H2,1H3. The normalized spacial score (nSPS) is 12.7. The lowest BCUT2D eigenvalue weighted by Crippen LogP contribution is -2.36. The summed E-state index contributed by atoms with van der Waals surface area (Å²) < 4.78 is 1.17. The summed E-state index contributed by atoms with van der Waals surface area (Å²) in [6.07, 6.45) is 5.92. The van der Waals surface area contributed by atoms with Gasteiger partial charge in [-0.1, -0.05) is 60.3 Å². The molecule has 0 saturated heterocycles. The van der Waals surface area contributed by atoms with E-state index in [2.05, 4.69) is 46.5 Å². The first kappa shape index (κ1) is 13.7. The quantitative estimate of drug-likeness (QED) is 0.458. The topological polar surface area (TPSA) is 38.0 Å². The van der Waals surface area contributed by atoms with Crippen molar-refractivity contribution in [2.24, 2.45) is 5.84 Å². The number of rotatable bonds is 7. The van der Waals surface area contributed by atoms with Gasteiger partial charge in [0.25, 0.3) is 0 Å². The molecule has 0 fully saturated rings. The Bertz CT molecular complexity index is 302. The average molecular weight is 285 g/mol. The zero-order valence-corrected chi connectivity index (χ0v) is 11.5. The van der Waals surface area contributed by atoms with Crippen molar-refractivity contribution in [3.63, 3.8) is 0 Å². The zero-order chi connectivity index (χ0) is 11.8. The van der Waals surface area contributed by atoms with Crippen molar-refractivity contribution in [2.45, 2.75) is 45.1 Å². The second-order valence-electron chi connectivity index (χ2n) is 4.15. The van der Waals surface area contributed by atoms with Crippen LogP contribution in [0, 0.1) is 0 Å². The van der Waals surface area contributed by atoms with Crippen molar-refractivity contribution < 1.29 is 0 Å². The highest BCUT2D eigenvalue weighted by molar-refractivity contribution is 9.10. The van der Waals surface area contributed by atoms with Gasteiger partial charge < -0.3 is 0 Å². The van der Waals surface area contributed by atoms with Gasteiger partial charge in [0, 0.05) is 10.5 Å². The third-order valence-electron chi connectivity index (χ3n) is 2.82. The van der Waals surface area contributed by atoms with E-state index >= 15 is 0 Å². The second-order valence-corrected chi connectivity index (χ2v) is 5.01. The lowest BCUT2D eigenvalue weighted by molar-refractivity contribution is 0.466. The van der Waals surface area contributed by atoms with Gasteiger partial charge in [-0.05, 0) is 24.5 Å². The van der Waals surface area contributed by atoms with E-state index in [9.17, 15) is 0 Å². The Kier molecular flexibility index (Phi) is 6.69. The maximum atomic E-state index is 5.59. The molecule has 0 aliphatic carbocycles. The molecule has 0 amide bonds. The van der Waals surface area contributed by atoms with Crippen LogP contribution in [0.5, 0.6) is 0 Å². The summed E-state index contributed by atoms with van der Waals surface area (Å²) in [5, 5.41) is 0. The first-order valence-corrected chi connectivity index (χ1v) is 6.76. The fourth-order valence-corrected chi connectivity index (χ4v) is 2.26. The number of hydrazine groups is 1. The van der Waals surface area contributed by atoms with Crippen molar-refractivity contribution in [1.82, 2.24) is 5.43 Å². The fourth-order valence-electron chi connectivity index (χ4n) is 1.81. The molecular formula is C13H21BrN2. The average Bonchev–Trinajstić information content (AvgIpc) is 2.30. The molecule has 0 aliphatic heterocycles. The Morgan fingerprint density at radius 1 is 1.31 bits per heavy atom. The van der Waals surface area contributed by atoms with Crippen LogP contribution in [-0.2, 0) is 6.42 Å². The summed E-state index contributed by atoms with van der Waals surface area (Å²) in [5.41, 5.74) is 4.24. The van der Waals surface area contributed by atoms with E-state index < -0.39 is 0 Å². The van der Waals surface area contributed by atoms with Gasteiger partial charge in [-0.3, -0.25) is 11.3 Å². The summed E-state index contributed by atoms with van der Waals surface area (Å²) >= 11 is 3.57. The molecule has 2 nitrogen and oxygen atoms in total. The van der Waals surface area contributed by atoms with E-state index in [0.29, 0.717) is 6.04 Å². The number of hydrogen-bond donors (Lipinski definition) is 2. The highest BCUT2D eigenvalue weighted by atomic mass is 79.9. The van der Waals surface area contributed by atoms with Gasteiger partial charge in [0.15, 0.2) is 0 Å². The lowest BCUT2D eigenvalue weighted by Gasteiger charge is -2.16. The van der Waals surface area contributed by atoms with Crippen LogP contribution in [0.3, 0.4) is 0 Å². The van der Waals surface area contributed by atoms with E-state index in [0.717, 1.165) is 12.8 Å². The van der Waals surface area contributed by atoms with E-state index in [-0.39, 0.29) is 0 Å². The number of nitrogens with two attached hydrogens (primary N) is 1. The predicted octanol–water partition coefficient (Wildman–Crippen LogP) is 3.40. The molecule has 0 aliphatic rings. The first-order chi connectivity index (χ1) is 7.77. The Balaban J connectivity index is 2.46.